The van der Waals surface area contributed by atoms with E-state index in [9.17, 15) is 9.59 Å². The van der Waals surface area contributed by atoms with Gasteiger partial charge < -0.3 is 9.47 Å². The van der Waals surface area contributed by atoms with Crippen molar-refractivity contribution in [2.75, 3.05) is 11.4 Å². The molecule has 6 rings (SSSR count). The maximum atomic E-state index is 14.2. The molecule has 4 aromatic rings. The summed E-state index contributed by atoms with van der Waals surface area (Å²) in [7, 11) is 0. The van der Waals surface area contributed by atoms with E-state index < -0.39 is 0 Å². The van der Waals surface area contributed by atoms with Crippen molar-refractivity contribution in [2.45, 2.75) is 24.9 Å². The lowest BCUT2D eigenvalue weighted by atomic mass is 9.97. The highest BCUT2D eigenvalue weighted by Gasteiger charge is 2.40. The van der Waals surface area contributed by atoms with Crippen LogP contribution in [0.15, 0.2) is 91.1 Å². The van der Waals surface area contributed by atoms with Crippen molar-refractivity contribution < 1.29 is 9.59 Å². The predicted molar refractivity (Wildman–Crippen MR) is 142 cm³/mol. The van der Waals surface area contributed by atoms with Crippen molar-refractivity contribution in [3.8, 4) is 5.69 Å². The maximum Gasteiger partial charge on any atom is 0.254 e. The van der Waals surface area contributed by atoms with Crippen LogP contribution in [0, 0.1) is 0 Å². The lowest BCUT2D eigenvalue weighted by Crippen LogP contribution is -2.47. The molecular formula is C29H23Cl2N3O2. The number of anilines is 1. The fraction of sp³-hybridized carbons (Fsp3) is 0.172. The molecule has 0 bridgehead atoms. The van der Waals surface area contributed by atoms with Crippen molar-refractivity contribution >= 4 is 40.7 Å². The van der Waals surface area contributed by atoms with Crippen LogP contribution >= 0.6 is 23.2 Å². The molecule has 2 heterocycles. The summed E-state index contributed by atoms with van der Waals surface area (Å²) in [4.78, 5) is 31.2. The molecule has 1 aromatic heterocycles. The number of fused-ring (bicyclic) bond motifs is 3. The fourth-order valence-electron chi connectivity index (χ4n) is 5.03. The molecule has 5 nitrogen and oxygen atoms in total. The van der Waals surface area contributed by atoms with E-state index in [1.54, 1.807) is 23.1 Å². The van der Waals surface area contributed by atoms with Gasteiger partial charge in [0.25, 0.3) is 5.91 Å². The molecule has 7 heteroatoms. The van der Waals surface area contributed by atoms with Gasteiger partial charge in [0.1, 0.15) is 12.6 Å². The first kappa shape index (κ1) is 22.9. The van der Waals surface area contributed by atoms with E-state index >= 15 is 0 Å². The van der Waals surface area contributed by atoms with E-state index in [-0.39, 0.29) is 30.4 Å². The van der Waals surface area contributed by atoms with E-state index in [1.807, 2.05) is 77.8 Å². The number of aromatic nitrogens is 1. The molecule has 180 valence electrons. The van der Waals surface area contributed by atoms with Crippen LogP contribution < -0.4 is 4.90 Å². The first-order valence-corrected chi connectivity index (χ1v) is 12.7. The van der Waals surface area contributed by atoms with Crippen molar-refractivity contribution in [3.63, 3.8) is 0 Å². The zero-order chi connectivity index (χ0) is 24.8. The Morgan fingerprint density at radius 2 is 1.50 bits per heavy atom. The Hall–Kier alpha value is -3.54. The smallest absolute Gasteiger partial charge is 0.254 e. The molecule has 1 aliphatic heterocycles. The number of rotatable bonds is 5. The standard InChI is InChI=1S/C29H23Cl2N3O2/c30-21-15-20(16-22(31)17-21)29(36)33(23-12-13-23)18-27(35)34-25-10-5-4-9-24(25)32-14-6-11-26(32)28(34)19-7-2-1-3-8-19/h1-11,14-17,23,28H,12-13,18H2. The van der Waals surface area contributed by atoms with Gasteiger partial charge in [-0.25, -0.2) is 0 Å². The van der Waals surface area contributed by atoms with Crippen molar-refractivity contribution in [2.24, 2.45) is 0 Å². The third-order valence-electron chi connectivity index (χ3n) is 6.77. The number of hydrogen-bond acceptors (Lipinski definition) is 2. The number of carbonyl (C=O) groups excluding carboxylic acids is 2. The van der Waals surface area contributed by atoms with Gasteiger partial charge in [-0.2, -0.15) is 0 Å². The Labute approximate surface area is 219 Å². The molecule has 1 atom stereocenters. The number of nitrogens with zero attached hydrogens (tertiary/aromatic N) is 3. The van der Waals surface area contributed by atoms with Gasteiger partial charge in [-0.1, -0.05) is 65.7 Å². The van der Waals surface area contributed by atoms with Crippen LogP contribution in [0.2, 0.25) is 10.0 Å². The summed E-state index contributed by atoms with van der Waals surface area (Å²) in [5.74, 6) is -0.377. The van der Waals surface area contributed by atoms with E-state index in [0.29, 0.717) is 15.6 Å². The summed E-state index contributed by atoms with van der Waals surface area (Å²) in [6, 6.07) is 26.4. The second-order valence-electron chi connectivity index (χ2n) is 9.19. The van der Waals surface area contributed by atoms with Crippen molar-refractivity contribution in [1.29, 1.82) is 0 Å². The third kappa shape index (κ3) is 4.08. The van der Waals surface area contributed by atoms with Gasteiger partial charge in [0.05, 0.1) is 17.1 Å². The number of hydrogen-bond donors (Lipinski definition) is 0. The molecule has 0 spiro atoms. The van der Waals surface area contributed by atoms with Gasteiger partial charge in [-0.3, -0.25) is 14.5 Å². The molecule has 2 aliphatic rings. The number of benzene rings is 3. The molecule has 36 heavy (non-hydrogen) atoms. The van der Waals surface area contributed by atoms with Gasteiger partial charge in [0.15, 0.2) is 0 Å². The SMILES string of the molecule is O=C(c1cc(Cl)cc(Cl)c1)N(CC(=O)N1c2ccccc2-n2cccc2C1c1ccccc1)C1CC1. The Bertz CT molecular complexity index is 1440. The third-order valence-corrected chi connectivity index (χ3v) is 7.20. The van der Waals surface area contributed by atoms with Crippen LogP contribution in [0.4, 0.5) is 5.69 Å². The molecule has 0 saturated heterocycles. The van der Waals surface area contributed by atoms with Gasteiger partial charge in [-0.05, 0) is 60.9 Å². The second kappa shape index (κ2) is 9.16. The number of amides is 2. The summed E-state index contributed by atoms with van der Waals surface area (Å²) in [6.07, 6.45) is 3.76. The molecule has 1 fully saturated rings. The van der Waals surface area contributed by atoms with Gasteiger partial charge in [-0.15, -0.1) is 0 Å². The van der Waals surface area contributed by atoms with Crippen molar-refractivity contribution in [1.82, 2.24) is 9.47 Å². The molecule has 3 aromatic carbocycles. The number of carbonyl (C=O) groups is 2. The van der Waals surface area contributed by atoms with E-state index in [1.165, 1.54) is 0 Å². The normalized spacial score (nSPS) is 16.3. The number of halogens is 2. The number of para-hydroxylation sites is 2. The van der Waals surface area contributed by atoms with Gasteiger partial charge >= 0.3 is 0 Å². The zero-order valence-electron chi connectivity index (χ0n) is 19.4. The fourth-order valence-corrected chi connectivity index (χ4v) is 5.56. The highest BCUT2D eigenvalue weighted by molar-refractivity contribution is 6.35. The van der Waals surface area contributed by atoms with Gasteiger partial charge in [0, 0.05) is 27.8 Å². The first-order valence-electron chi connectivity index (χ1n) is 11.9. The van der Waals surface area contributed by atoms with E-state index in [0.717, 1.165) is 35.5 Å². The van der Waals surface area contributed by atoms with E-state index in [2.05, 4.69) is 4.57 Å². The summed E-state index contributed by atoms with van der Waals surface area (Å²) < 4.78 is 2.13. The molecule has 0 N–H and O–H groups in total. The van der Waals surface area contributed by atoms with Crippen LogP contribution in [0.3, 0.4) is 0 Å². The summed E-state index contributed by atoms with van der Waals surface area (Å²) in [5.41, 5.74) is 4.14. The predicted octanol–water partition coefficient (Wildman–Crippen LogP) is 6.52. The minimum atomic E-state index is -0.319. The monoisotopic (exact) mass is 515 g/mol. The zero-order valence-corrected chi connectivity index (χ0v) is 20.9. The largest absolute Gasteiger partial charge is 0.326 e. The minimum absolute atomic E-state index is 0.0262. The van der Waals surface area contributed by atoms with Crippen LogP contribution in [0.25, 0.3) is 5.69 Å². The maximum absolute atomic E-state index is 14.2. The average molecular weight is 516 g/mol. The molecular weight excluding hydrogens is 493 g/mol. The lowest BCUT2D eigenvalue weighted by molar-refractivity contribution is -0.119. The average Bonchev–Trinajstić information content (AvgIpc) is 3.61. The molecule has 1 unspecified atom stereocenters. The summed E-state index contributed by atoms with van der Waals surface area (Å²) in [5, 5.41) is 0.783. The van der Waals surface area contributed by atoms with Crippen molar-refractivity contribution in [3.05, 3.63) is 118 Å². The van der Waals surface area contributed by atoms with Crippen LogP contribution in [-0.4, -0.2) is 33.9 Å². The highest BCUT2D eigenvalue weighted by atomic mass is 35.5. The summed E-state index contributed by atoms with van der Waals surface area (Å²) in [6.45, 7) is -0.0357. The van der Waals surface area contributed by atoms with E-state index in [4.69, 9.17) is 23.2 Å². The molecule has 2 amide bonds. The Morgan fingerprint density at radius 1 is 0.833 bits per heavy atom. The lowest BCUT2D eigenvalue weighted by Gasteiger charge is -2.39. The molecule has 1 saturated carbocycles. The molecule has 1 aliphatic carbocycles. The van der Waals surface area contributed by atoms with Gasteiger partial charge in [0.2, 0.25) is 5.91 Å². The van der Waals surface area contributed by atoms with Crippen LogP contribution in [-0.2, 0) is 4.79 Å². The molecule has 0 radical (unpaired) electrons. The Balaban J connectivity index is 1.40. The van der Waals surface area contributed by atoms with Crippen LogP contribution in [0.1, 0.15) is 40.5 Å². The van der Waals surface area contributed by atoms with Crippen LogP contribution in [0.5, 0.6) is 0 Å². The first-order chi connectivity index (χ1) is 17.5. The topological polar surface area (TPSA) is 45.6 Å². The Kier molecular flexibility index (Phi) is 5.82. The minimum Gasteiger partial charge on any atom is -0.326 e. The Morgan fingerprint density at radius 3 is 2.19 bits per heavy atom. The summed E-state index contributed by atoms with van der Waals surface area (Å²) >= 11 is 12.3. The quantitative estimate of drug-likeness (QED) is 0.303. The second-order valence-corrected chi connectivity index (χ2v) is 10.1. The highest BCUT2D eigenvalue weighted by Crippen LogP contribution is 2.42.